The van der Waals surface area contributed by atoms with Crippen LogP contribution in [0, 0.1) is 11.3 Å². The maximum atomic E-state index is 2.44. The van der Waals surface area contributed by atoms with Crippen molar-refractivity contribution in [1.82, 2.24) is 0 Å². The van der Waals surface area contributed by atoms with Crippen molar-refractivity contribution in [2.24, 2.45) is 11.3 Å². The summed E-state index contributed by atoms with van der Waals surface area (Å²) < 4.78 is 0. The summed E-state index contributed by atoms with van der Waals surface area (Å²) in [6, 6.07) is 11.1. The fourth-order valence-electron chi connectivity index (χ4n) is 3.85. The first-order chi connectivity index (χ1) is 10.7. The summed E-state index contributed by atoms with van der Waals surface area (Å²) in [6.45, 7) is 4.67. The smallest absolute Gasteiger partial charge is 0.0219 e. The van der Waals surface area contributed by atoms with Crippen LogP contribution in [-0.4, -0.2) is 0 Å². The Balaban J connectivity index is 1.80. The summed E-state index contributed by atoms with van der Waals surface area (Å²) >= 11 is 0. The van der Waals surface area contributed by atoms with E-state index in [4.69, 9.17) is 0 Å². The number of hydrogen-bond acceptors (Lipinski definition) is 0. The van der Waals surface area contributed by atoms with Gasteiger partial charge in [0, 0.05) is 0 Å². The zero-order valence-electron chi connectivity index (χ0n) is 14.7. The molecule has 0 aliphatic heterocycles. The van der Waals surface area contributed by atoms with E-state index in [0.717, 1.165) is 5.92 Å². The Bertz CT molecular complexity index is 429. The minimum atomic E-state index is 0.536. The lowest BCUT2D eigenvalue weighted by atomic mass is 9.69. The van der Waals surface area contributed by atoms with E-state index in [2.05, 4.69) is 56.3 Å². The number of rotatable bonds is 9. The summed E-state index contributed by atoms with van der Waals surface area (Å²) in [5, 5.41) is 0. The van der Waals surface area contributed by atoms with Gasteiger partial charge in [0.15, 0.2) is 0 Å². The monoisotopic (exact) mass is 298 g/mol. The van der Waals surface area contributed by atoms with E-state index in [-0.39, 0.29) is 0 Å². The second-order valence-corrected chi connectivity index (χ2v) is 7.72. The molecule has 0 spiro atoms. The predicted molar refractivity (Wildman–Crippen MR) is 98.1 cm³/mol. The Kier molecular flexibility index (Phi) is 7.22. The van der Waals surface area contributed by atoms with Crippen LogP contribution in [0.2, 0.25) is 0 Å². The molecule has 0 saturated carbocycles. The van der Waals surface area contributed by atoms with Crippen LogP contribution in [0.3, 0.4) is 0 Å². The molecule has 1 aromatic rings. The topological polar surface area (TPSA) is 0 Å². The molecule has 1 aromatic carbocycles. The molecule has 1 aliphatic rings. The van der Waals surface area contributed by atoms with E-state index in [1.54, 1.807) is 0 Å². The molecule has 0 bridgehead atoms. The highest BCUT2D eigenvalue weighted by molar-refractivity contribution is 5.17. The fourth-order valence-corrected chi connectivity index (χ4v) is 3.85. The molecule has 22 heavy (non-hydrogen) atoms. The first kappa shape index (κ1) is 17.3. The van der Waals surface area contributed by atoms with Crippen molar-refractivity contribution in [3.8, 4) is 0 Å². The molecule has 2 rings (SSSR count). The van der Waals surface area contributed by atoms with Gasteiger partial charge < -0.3 is 0 Å². The Hall–Kier alpha value is -1.04. The van der Waals surface area contributed by atoms with Gasteiger partial charge in [0.1, 0.15) is 0 Å². The third-order valence-corrected chi connectivity index (χ3v) is 5.22. The van der Waals surface area contributed by atoms with Gasteiger partial charge in [-0.1, -0.05) is 88.4 Å². The molecule has 0 nitrogen and oxygen atoms in total. The molecule has 1 aliphatic carbocycles. The molecule has 0 heteroatoms. The van der Waals surface area contributed by atoms with Crippen LogP contribution in [0.4, 0.5) is 0 Å². The van der Waals surface area contributed by atoms with Crippen molar-refractivity contribution in [2.75, 3.05) is 0 Å². The minimum Gasteiger partial charge on any atom is -0.0885 e. The maximum Gasteiger partial charge on any atom is -0.0219 e. The van der Waals surface area contributed by atoms with Gasteiger partial charge in [-0.2, -0.15) is 0 Å². The van der Waals surface area contributed by atoms with Crippen molar-refractivity contribution in [3.63, 3.8) is 0 Å². The number of benzene rings is 1. The van der Waals surface area contributed by atoms with E-state index in [9.17, 15) is 0 Å². The summed E-state index contributed by atoms with van der Waals surface area (Å²) in [5.74, 6) is 0.868. The van der Waals surface area contributed by atoms with Crippen LogP contribution in [0.15, 0.2) is 42.5 Å². The Morgan fingerprint density at radius 1 is 0.955 bits per heavy atom. The Morgan fingerprint density at radius 3 is 2.41 bits per heavy atom. The molecule has 1 unspecified atom stereocenters. The standard InChI is InChI=1S/C22H34/c1-20(2)13-7-3-4-10-16-22(17-11-6-12-18-22)19-21-14-8-5-9-15-21/h5-6,8-9,11,14-15,20H,3-4,7,10,12-13,16-19H2,1-2H3. The molecule has 0 radical (unpaired) electrons. The number of unbranched alkanes of at least 4 members (excludes halogenated alkanes) is 3. The quantitative estimate of drug-likeness (QED) is 0.342. The van der Waals surface area contributed by atoms with E-state index < -0.39 is 0 Å². The molecular weight excluding hydrogens is 264 g/mol. The molecule has 1 atom stereocenters. The highest BCUT2D eigenvalue weighted by Gasteiger charge is 2.29. The van der Waals surface area contributed by atoms with Crippen molar-refractivity contribution in [3.05, 3.63) is 48.0 Å². The second kappa shape index (κ2) is 9.18. The number of allylic oxidation sites excluding steroid dienone is 2. The summed E-state index contributed by atoms with van der Waals surface area (Å²) in [7, 11) is 0. The molecule has 0 N–H and O–H groups in total. The van der Waals surface area contributed by atoms with Gasteiger partial charge in [-0.25, -0.2) is 0 Å². The van der Waals surface area contributed by atoms with E-state index in [1.165, 1.54) is 69.8 Å². The van der Waals surface area contributed by atoms with E-state index in [1.807, 2.05) is 0 Å². The van der Waals surface area contributed by atoms with Crippen LogP contribution in [-0.2, 0) is 6.42 Å². The first-order valence-electron chi connectivity index (χ1n) is 9.39. The van der Waals surface area contributed by atoms with Gasteiger partial charge >= 0.3 is 0 Å². The van der Waals surface area contributed by atoms with Gasteiger partial charge in [-0.15, -0.1) is 0 Å². The van der Waals surface area contributed by atoms with Crippen LogP contribution in [0.1, 0.15) is 77.2 Å². The predicted octanol–water partition coefficient (Wildman–Crippen LogP) is 6.95. The van der Waals surface area contributed by atoms with Gasteiger partial charge in [0.25, 0.3) is 0 Å². The molecular formula is C22H34. The molecule has 122 valence electrons. The van der Waals surface area contributed by atoms with Gasteiger partial charge in [0.05, 0.1) is 0 Å². The zero-order valence-corrected chi connectivity index (χ0v) is 14.7. The first-order valence-corrected chi connectivity index (χ1v) is 9.39. The second-order valence-electron chi connectivity index (χ2n) is 7.72. The summed E-state index contributed by atoms with van der Waals surface area (Å²) in [5.41, 5.74) is 2.06. The van der Waals surface area contributed by atoms with E-state index >= 15 is 0 Å². The number of hydrogen-bond donors (Lipinski definition) is 0. The highest BCUT2D eigenvalue weighted by atomic mass is 14.3. The SMILES string of the molecule is CC(C)CCCCCCC1(Cc2ccccc2)CC=CCC1. The zero-order chi connectivity index (χ0) is 15.7. The highest BCUT2D eigenvalue weighted by Crippen LogP contribution is 2.41. The maximum absolute atomic E-state index is 2.44. The molecule has 0 heterocycles. The van der Waals surface area contributed by atoms with Crippen molar-refractivity contribution in [2.45, 2.75) is 78.1 Å². The third-order valence-electron chi connectivity index (χ3n) is 5.22. The van der Waals surface area contributed by atoms with Crippen LogP contribution in [0.25, 0.3) is 0 Å². The Labute approximate surface area is 138 Å². The van der Waals surface area contributed by atoms with Crippen molar-refractivity contribution < 1.29 is 0 Å². The lowest BCUT2D eigenvalue weighted by molar-refractivity contribution is 0.224. The Morgan fingerprint density at radius 2 is 1.73 bits per heavy atom. The minimum absolute atomic E-state index is 0.536. The van der Waals surface area contributed by atoms with Gasteiger partial charge in [0.2, 0.25) is 0 Å². The molecule has 0 fully saturated rings. The van der Waals surface area contributed by atoms with Gasteiger partial charge in [-0.05, 0) is 49.0 Å². The van der Waals surface area contributed by atoms with Crippen LogP contribution in [0.5, 0.6) is 0 Å². The van der Waals surface area contributed by atoms with Crippen molar-refractivity contribution >= 4 is 0 Å². The largest absolute Gasteiger partial charge is 0.0885 e. The molecule has 0 aromatic heterocycles. The average molecular weight is 299 g/mol. The molecule has 0 amide bonds. The lowest BCUT2D eigenvalue weighted by Crippen LogP contribution is -2.25. The third kappa shape index (κ3) is 5.99. The van der Waals surface area contributed by atoms with Gasteiger partial charge in [-0.3, -0.25) is 0 Å². The average Bonchev–Trinajstić information content (AvgIpc) is 2.52. The summed E-state index contributed by atoms with van der Waals surface area (Å²) in [4.78, 5) is 0. The summed E-state index contributed by atoms with van der Waals surface area (Å²) in [6.07, 6.45) is 18.5. The lowest BCUT2D eigenvalue weighted by Gasteiger charge is -2.35. The van der Waals surface area contributed by atoms with Crippen molar-refractivity contribution in [1.29, 1.82) is 0 Å². The normalized spacial score (nSPS) is 21.4. The molecule has 0 saturated heterocycles. The fraction of sp³-hybridized carbons (Fsp3) is 0.636. The van der Waals surface area contributed by atoms with Crippen LogP contribution >= 0.6 is 0 Å². The van der Waals surface area contributed by atoms with E-state index in [0.29, 0.717) is 5.41 Å². The van der Waals surface area contributed by atoms with Crippen LogP contribution < -0.4 is 0 Å².